The first kappa shape index (κ1) is 18.5. The van der Waals surface area contributed by atoms with Crippen LogP contribution < -0.4 is 5.43 Å². The van der Waals surface area contributed by atoms with Gasteiger partial charge in [-0.2, -0.15) is 13.2 Å². The van der Waals surface area contributed by atoms with Crippen molar-refractivity contribution in [3.8, 4) is 11.4 Å². The molecule has 0 saturated heterocycles. The van der Waals surface area contributed by atoms with Gasteiger partial charge in [0.2, 0.25) is 5.43 Å². The van der Waals surface area contributed by atoms with Crippen molar-refractivity contribution >= 4 is 17.0 Å². The lowest BCUT2D eigenvalue weighted by Crippen LogP contribution is -2.20. The van der Waals surface area contributed by atoms with E-state index >= 15 is 0 Å². The van der Waals surface area contributed by atoms with Crippen LogP contribution in [0.4, 0.5) is 13.2 Å². The Morgan fingerprint density at radius 3 is 2.67 bits per heavy atom. The Labute approximate surface area is 149 Å². The van der Waals surface area contributed by atoms with E-state index in [0.29, 0.717) is 0 Å². The van der Waals surface area contributed by atoms with Crippen LogP contribution in [0.2, 0.25) is 0 Å². The molecule has 0 aromatic carbocycles. The van der Waals surface area contributed by atoms with Gasteiger partial charge in [0, 0.05) is 13.3 Å². The van der Waals surface area contributed by atoms with E-state index in [0.717, 1.165) is 12.1 Å². The summed E-state index contributed by atoms with van der Waals surface area (Å²) in [6.45, 7) is -0.212. The molecule has 2 N–H and O–H groups in total. The summed E-state index contributed by atoms with van der Waals surface area (Å²) in [5.74, 6) is -1.45. The predicted molar refractivity (Wildman–Crippen MR) is 88.3 cm³/mol. The van der Waals surface area contributed by atoms with Gasteiger partial charge in [0.1, 0.15) is 16.9 Å². The molecule has 0 bridgehead atoms. The number of aromatic amines is 1. The van der Waals surface area contributed by atoms with E-state index in [1.165, 1.54) is 25.4 Å². The number of aromatic nitrogens is 3. The highest BCUT2D eigenvalue weighted by atomic mass is 19.4. The molecule has 3 rings (SSSR count). The fourth-order valence-electron chi connectivity index (χ4n) is 2.66. The number of hydrogen-bond donors (Lipinski definition) is 2. The summed E-state index contributed by atoms with van der Waals surface area (Å²) in [5, 5.41) is 9.19. The van der Waals surface area contributed by atoms with Crippen LogP contribution in [0.15, 0.2) is 35.3 Å². The van der Waals surface area contributed by atoms with Gasteiger partial charge < -0.3 is 14.8 Å². The van der Waals surface area contributed by atoms with Crippen LogP contribution in [0.1, 0.15) is 21.6 Å². The largest absolute Gasteiger partial charge is 0.477 e. The Balaban J connectivity index is 2.27. The maximum absolute atomic E-state index is 13.2. The zero-order valence-electron chi connectivity index (χ0n) is 13.8. The minimum absolute atomic E-state index is 0.0378. The molecule has 3 heterocycles. The van der Waals surface area contributed by atoms with Crippen LogP contribution in [0.25, 0.3) is 22.4 Å². The van der Waals surface area contributed by atoms with Crippen molar-refractivity contribution in [3.63, 3.8) is 0 Å². The molecule has 0 saturated carbocycles. The van der Waals surface area contributed by atoms with Crippen molar-refractivity contribution < 1.29 is 27.8 Å². The number of nitrogens with zero attached hydrogens (tertiary/aromatic N) is 2. The number of pyridine rings is 3. The quantitative estimate of drug-likeness (QED) is 0.722. The third-order valence-corrected chi connectivity index (χ3v) is 3.80. The van der Waals surface area contributed by atoms with E-state index in [1.54, 1.807) is 0 Å². The summed E-state index contributed by atoms with van der Waals surface area (Å²) in [4.78, 5) is 34.3. The van der Waals surface area contributed by atoms with Gasteiger partial charge in [0.15, 0.2) is 0 Å². The number of methoxy groups -OCH3 is 1. The monoisotopic (exact) mass is 379 g/mol. The maximum Gasteiger partial charge on any atom is 0.418 e. The van der Waals surface area contributed by atoms with Gasteiger partial charge in [0.25, 0.3) is 0 Å². The molecule has 0 atom stereocenters. The average molecular weight is 379 g/mol. The molecule has 140 valence electrons. The third kappa shape index (κ3) is 3.38. The topological polar surface area (TPSA) is 105 Å². The fraction of sp³-hybridized carbons (Fsp3) is 0.176. The molecule has 0 radical (unpaired) electrons. The number of ether oxygens (including phenoxy) is 1. The second-order valence-electron chi connectivity index (χ2n) is 5.54. The van der Waals surface area contributed by atoms with Crippen LogP contribution in [0.3, 0.4) is 0 Å². The van der Waals surface area contributed by atoms with Gasteiger partial charge in [-0.3, -0.25) is 9.78 Å². The van der Waals surface area contributed by atoms with Crippen LogP contribution >= 0.6 is 0 Å². The van der Waals surface area contributed by atoms with E-state index in [-0.39, 0.29) is 29.0 Å². The number of alkyl halides is 3. The summed E-state index contributed by atoms with van der Waals surface area (Å²) >= 11 is 0. The molecule has 10 heteroatoms. The van der Waals surface area contributed by atoms with E-state index in [1.807, 2.05) is 0 Å². The standard InChI is InChI=1S/C17H12F3N3O4/c1-27-7-11-12(16(25)26)14(24)8-4-5-10(22-15(8)23-11)13-9(17(18,19)20)3-2-6-21-13/h2-6H,7H2,1H3,(H,25,26)(H,22,23,24). The Hall–Kier alpha value is -3.27. The van der Waals surface area contributed by atoms with E-state index in [4.69, 9.17) is 4.74 Å². The molecule has 0 aliphatic carbocycles. The lowest BCUT2D eigenvalue weighted by molar-refractivity contribution is -0.137. The second kappa shape index (κ2) is 6.80. The van der Waals surface area contributed by atoms with Crippen LogP contribution in [-0.2, 0) is 17.5 Å². The minimum atomic E-state index is -4.64. The molecule has 3 aromatic heterocycles. The minimum Gasteiger partial charge on any atom is -0.477 e. The molecular formula is C17H12F3N3O4. The van der Waals surface area contributed by atoms with Gasteiger partial charge in [-0.05, 0) is 24.3 Å². The molecule has 0 fully saturated rings. The van der Waals surface area contributed by atoms with Crippen LogP contribution in [0.5, 0.6) is 0 Å². The van der Waals surface area contributed by atoms with E-state index in [9.17, 15) is 27.9 Å². The third-order valence-electron chi connectivity index (χ3n) is 3.80. The number of rotatable bonds is 4. The number of halogens is 3. The Morgan fingerprint density at radius 2 is 2.04 bits per heavy atom. The Morgan fingerprint density at radius 1 is 1.30 bits per heavy atom. The van der Waals surface area contributed by atoms with Gasteiger partial charge in [0.05, 0.1) is 28.9 Å². The van der Waals surface area contributed by atoms with E-state index in [2.05, 4.69) is 15.0 Å². The normalized spacial score (nSPS) is 11.7. The smallest absolute Gasteiger partial charge is 0.418 e. The number of carbonyl (C=O) groups is 1. The number of carboxylic acids is 1. The summed E-state index contributed by atoms with van der Waals surface area (Å²) in [7, 11) is 1.31. The zero-order chi connectivity index (χ0) is 19.8. The number of nitrogens with one attached hydrogen (secondary N) is 1. The van der Waals surface area contributed by atoms with Crippen molar-refractivity contribution in [1.82, 2.24) is 15.0 Å². The molecule has 0 spiro atoms. The summed E-state index contributed by atoms with van der Waals surface area (Å²) < 4.78 is 44.5. The molecule has 7 nitrogen and oxygen atoms in total. The number of H-pyrrole nitrogens is 1. The number of carboxylic acid groups (broad SMARTS) is 1. The second-order valence-corrected chi connectivity index (χ2v) is 5.54. The highest BCUT2D eigenvalue weighted by molar-refractivity contribution is 5.93. The highest BCUT2D eigenvalue weighted by Gasteiger charge is 2.34. The first-order valence-corrected chi connectivity index (χ1v) is 7.54. The lowest BCUT2D eigenvalue weighted by atomic mass is 10.1. The maximum atomic E-state index is 13.2. The first-order valence-electron chi connectivity index (χ1n) is 7.54. The van der Waals surface area contributed by atoms with Crippen molar-refractivity contribution in [2.75, 3.05) is 7.11 Å². The zero-order valence-corrected chi connectivity index (χ0v) is 13.8. The molecule has 0 aliphatic rings. The van der Waals surface area contributed by atoms with Crippen molar-refractivity contribution in [1.29, 1.82) is 0 Å². The SMILES string of the molecule is COCc1[nH]c2nc(-c3ncccc3C(F)(F)F)ccc2c(=O)c1C(=O)O. The average Bonchev–Trinajstić information content (AvgIpc) is 2.60. The van der Waals surface area contributed by atoms with Gasteiger partial charge in [-0.15, -0.1) is 0 Å². The molecule has 0 aliphatic heterocycles. The first-order chi connectivity index (χ1) is 12.7. The Kier molecular flexibility index (Phi) is 4.66. The highest BCUT2D eigenvalue weighted by Crippen LogP contribution is 2.35. The van der Waals surface area contributed by atoms with Crippen molar-refractivity contribution in [2.45, 2.75) is 12.8 Å². The summed E-state index contributed by atoms with van der Waals surface area (Å²) in [6, 6.07) is 4.44. The predicted octanol–water partition coefficient (Wildman–Crippen LogP) is 2.85. The molecule has 0 amide bonds. The fourth-order valence-corrected chi connectivity index (χ4v) is 2.66. The van der Waals surface area contributed by atoms with Crippen LogP contribution in [-0.4, -0.2) is 33.1 Å². The molecular weight excluding hydrogens is 367 g/mol. The molecule has 3 aromatic rings. The van der Waals surface area contributed by atoms with Gasteiger partial charge in [-0.1, -0.05) is 0 Å². The van der Waals surface area contributed by atoms with E-state index < -0.39 is 34.4 Å². The van der Waals surface area contributed by atoms with Gasteiger partial charge in [-0.25, -0.2) is 9.78 Å². The van der Waals surface area contributed by atoms with Crippen LogP contribution in [0, 0.1) is 0 Å². The number of aromatic carboxylic acids is 1. The van der Waals surface area contributed by atoms with Crippen molar-refractivity contribution in [2.24, 2.45) is 0 Å². The molecule has 0 unspecified atom stereocenters. The number of fused-ring (bicyclic) bond motifs is 1. The molecule has 27 heavy (non-hydrogen) atoms. The lowest BCUT2D eigenvalue weighted by Gasteiger charge is -2.12. The summed E-state index contributed by atoms with van der Waals surface area (Å²) in [5.41, 5.74) is -2.90. The van der Waals surface area contributed by atoms with Gasteiger partial charge >= 0.3 is 12.1 Å². The number of hydrogen-bond acceptors (Lipinski definition) is 5. The summed E-state index contributed by atoms with van der Waals surface area (Å²) in [6.07, 6.45) is -3.44. The van der Waals surface area contributed by atoms with Crippen molar-refractivity contribution in [3.05, 3.63) is 57.5 Å². The Bertz CT molecular complexity index is 1090.